The molecule has 0 amide bonds. The van der Waals surface area contributed by atoms with E-state index in [-0.39, 0.29) is 24.0 Å². The maximum Gasteiger partial charge on any atom is 0.306 e. The van der Waals surface area contributed by atoms with Crippen LogP contribution in [0.5, 0.6) is 0 Å². The van der Waals surface area contributed by atoms with Crippen molar-refractivity contribution in [1.29, 1.82) is 0 Å². The van der Waals surface area contributed by atoms with Crippen LogP contribution in [-0.2, 0) is 28.6 Å². The first-order valence-electron chi connectivity index (χ1n) is 24.1. The van der Waals surface area contributed by atoms with Crippen molar-refractivity contribution < 1.29 is 28.6 Å². The van der Waals surface area contributed by atoms with Crippen molar-refractivity contribution in [3.8, 4) is 0 Å². The Hall–Kier alpha value is -1.63. The summed E-state index contributed by atoms with van der Waals surface area (Å²) >= 11 is 0. The van der Waals surface area contributed by atoms with Gasteiger partial charge in [0, 0.05) is 19.3 Å². The maximum atomic E-state index is 12.8. The number of carbonyl (C=O) groups is 3. The molecule has 1 saturated heterocycles. The van der Waals surface area contributed by atoms with E-state index in [0.29, 0.717) is 68.0 Å². The highest BCUT2D eigenvalue weighted by Crippen LogP contribution is 2.23. The van der Waals surface area contributed by atoms with Crippen molar-refractivity contribution in [2.45, 2.75) is 228 Å². The Morgan fingerprint density at radius 1 is 0.446 bits per heavy atom. The van der Waals surface area contributed by atoms with E-state index in [9.17, 15) is 14.4 Å². The topological polar surface area (TPSA) is 82.1 Å². The van der Waals surface area contributed by atoms with Crippen LogP contribution < -0.4 is 0 Å². The fraction of sp³-hybridized carbons (Fsp3) is 0.939. The molecule has 0 aliphatic carbocycles. The highest BCUT2D eigenvalue weighted by atomic mass is 16.5. The Labute approximate surface area is 347 Å². The average molecular weight is 792 g/mol. The summed E-state index contributed by atoms with van der Waals surface area (Å²) in [6, 6.07) is 0. The summed E-state index contributed by atoms with van der Waals surface area (Å²) in [5, 5.41) is 0. The summed E-state index contributed by atoms with van der Waals surface area (Å²) in [6.07, 6.45) is 27.3. The van der Waals surface area contributed by atoms with Crippen LogP contribution in [0.2, 0.25) is 0 Å². The first kappa shape index (κ1) is 52.4. The molecule has 2 atom stereocenters. The number of hydrogen-bond donors (Lipinski definition) is 0. The second-order valence-corrected chi connectivity index (χ2v) is 19.1. The molecule has 1 aliphatic rings. The average Bonchev–Trinajstić information content (AvgIpc) is 3.66. The van der Waals surface area contributed by atoms with Gasteiger partial charge >= 0.3 is 17.9 Å². The summed E-state index contributed by atoms with van der Waals surface area (Å²) < 4.78 is 17.4. The van der Waals surface area contributed by atoms with Crippen molar-refractivity contribution in [3.63, 3.8) is 0 Å². The van der Waals surface area contributed by atoms with Crippen LogP contribution in [0.1, 0.15) is 222 Å². The van der Waals surface area contributed by atoms with Gasteiger partial charge in [0.05, 0.1) is 13.2 Å². The van der Waals surface area contributed by atoms with E-state index in [2.05, 4.69) is 60.3 Å². The van der Waals surface area contributed by atoms with Crippen LogP contribution in [0.3, 0.4) is 0 Å². The van der Waals surface area contributed by atoms with Crippen LogP contribution in [0.4, 0.5) is 0 Å². The molecule has 0 aromatic carbocycles. The molecule has 0 aromatic heterocycles. The minimum Gasteiger partial charge on any atom is -0.465 e. The third-order valence-electron chi connectivity index (χ3n) is 12.2. The molecule has 0 N–H and O–H groups in total. The highest BCUT2D eigenvalue weighted by molar-refractivity contribution is 5.70. The number of rotatable bonds is 37. The fourth-order valence-corrected chi connectivity index (χ4v) is 7.87. The molecule has 0 bridgehead atoms. The molecule has 56 heavy (non-hydrogen) atoms. The summed E-state index contributed by atoms with van der Waals surface area (Å²) in [5.41, 5.74) is 0. The lowest BCUT2D eigenvalue weighted by molar-refractivity contribution is -0.150. The smallest absolute Gasteiger partial charge is 0.306 e. The van der Waals surface area contributed by atoms with Crippen molar-refractivity contribution in [3.05, 3.63) is 0 Å². The second kappa shape index (κ2) is 34.3. The molecule has 7 heteroatoms. The van der Waals surface area contributed by atoms with E-state index >= 15 is 0 Å². The van der Waals surface area contributed by atoms with Crippen molar-refractivity contribution in [2.24, 2.45) is 35.5 Å². The fourth-order valence-electron chi connectivity index (χ4n) is 7.87. The Kier molecular flexibility index (Phi) is 32.0. The standard InChI is InChI=1S/C49H93NO6/c1-40(2)31-33-44(42(5)6)38-54-47(51)28-21-17-13-9-11-15-19-26-46(56-49(53)30-25-37-50-35-23-24-36-50)27-20-16-12-10-14-18-22-29-48(52)55-39-45(43(7)8)34-32-41(3)4/h40-46H,9-39H2,1-8H3. The number of esters is 3. The second-order valence-electron chi connectivity index (χ2n) is 19.1. The van der Waals surface area contributed by atoms with Gasteiger partial charge in [-0.25, -0.2) is 0 Å². The molecule has 0 aromatic rings. The molecule has 0 saturated carbocycles. The Balaban J connectivity index is 2.25. The van der Waals surface area contributed by atoms with Crippen molar-refractivity contribution in [1.82, 2.24) is 4.90 Å². The lowest BCUT2D eigenvalue weighted by atomic mass is 9.89. The van der Waals surface area contributed by atoms with Crippen LogP contribution in [0, 0.1) is 35.5 Å². The van der Waals surface area contributed by atoms with Gasteiger partial charge in [-0.05, 0) is 126 Å². The number of nitrogens with zero attached hydrogens (tertiary/aromatic N) is 1. The van der Waals surface area contributed by atoms with Crippen molar-refractivity contribution >= 4 is 17.9 Å². The lowest BCUT2D eigenvalue weighted by Crippen LogP contribution is -2.23. The molecule has 330 valence electrons. The molecule has 1 heterocycles. The molecule has 7 nitrogen and oxygen atoms in total. The molecule has 1 rings (SSSR count). The Bertz CT molecular complexity index is 900. The largest absolute Gasteiger partial charge is 0.465 e. The van der Waals surface area contributed by atoms with Crippen LogP contribution >= 0.6 is 0 Å². The predicted molar refractivity (Wildman–Crippen MR) is 235 cm³/mol. The number of carbonyl (C=O) groups excluding carboxylic acids is 3. The number of ether oxygens (including phenoxy) is 3. The van der Waals surface area contributed by atoms with Gasteiger partial charge in [-0.3, -0.25) is 14.4 Å². The number of hydrogen-bond acceptors (Lipinski definition) is 7. The Morgan fingerprint density at radius 2 is 0.821 bits per heavy atom. The molecule has 0 radical (unpaired) electrons. The minimum absolute atomic E-state index is 0.0168. The molecule has 1 fully saturated rings. The summed E-state index contributed by atoms with van der Waals surface area (Å²) in [7, 11) is 0. The lowest BCUT2D eigenvalue weighted by Gasteiger charge is -2.21. The molecular weight excluding hydrogens is 699 g/mol. The number of likely N-dealkylation sites (tertiary alicyclic amines) is 1. The first-order valence-corrected chi connectivity index (χ1v) is 24.1. The van der Waals surface area contributed by atoms with Gasteiger partial charge in [-0.15, -0.1) is 0 Å². The van der Waals surface area contributed by atoms with Crippen LogP contribution in [0.25, 0.3) is 0 Å². The van der Waals surface area contributed by atoms with E-state index in [1.165, 1.54) is 77.3 Å². The monoisotopic (exact) mass is 792 g/mol. The number of unbranched alkanes of at least 4 members (excludes halogenated alkanes) is 12. The molecule has 1 aliphatic heterocycles. The highest BCUT2D eigenvalue weighted by Gasteiger charge is 2.19. The third kappa shape index (κ3) is 30.4. The van der Waals surface area contributed by atoms with E-state index in [1.807, 2.05) is 0 Å². The van der Waals surface area contributed by atoms with Gasteiger partial charge in [-0.1, -0.05) is 132 Å². The molecule has 2 unspecified atom stereocenters. The van der Waals surface area contributed by atoms with Gasteiger partial charge in [-0.2, -0.15) is 0 Å². The van der Waals surface area contributed by atoms with Gasteiger partial charge in [0.15, 0.2) is 0 Å². The first-order chi connectivity index (χ1) is 26.9. The zero-order valence-corrected chi connectivity index (χ0v) is 38.4. The van der Waals surface area contributed by atoms with Gasteiger partial charge in [0.1, 0.15) is 6.10 Å². The van der Waals surface area contributed by atoms with E-state index < -0.39 is 0 Å². The zero-order chi connectivity index (χ0) is 41.4. The minimum atomic E-state index is -0.0336. The van der Waals surface area contributed by atoms with Crippen molar-refractivity contribution in [2.75, 3.05) is 32.8 Å². The van der Waals surface area contributed by atoms with Gasteiger partial charge in [0.25, 0.3) is 0 Å². The molecular formula is C49H93NO6. The third-order valence-corrected chi connectivity index (χ3v) is 12.2. The SMILES string of the molecule is CC(C)CCC(COC(=O)CCCCCCCCCC(CCCCCCCCCC(=O)OCC(CCC(C)C)C(C)C)OC(=O)CCCN1CCCC1)C(C)C. The predicted octanol–water partition coefficient (Wildman–Crippen LogP) is 13.3. The molecule has 0 spiro atoms. The van der Waals surface area contributed by atoms with Crippen LogP contribution in [-0.4, -0.2) is 61.8 Å². The zero-order valence-electron chi connectivity index (χ0n) is 38.4. The van der Waals surface area contributed by atoms with E-state index in [0.717, 1.165) is 90.0 Å². The summed E-state index contributed by atoms with van der Waals surface area (Å²) in [6.45, 7) is 22.4. The Morgan fingerprint density at radius 3 is 1.21 bits per heavy atom. The summed E-state index contributed by atoms with van der Waals surface area (Å²) in [5.74, 6) is 3.29. The van der Waals surface area contributed by atoms with Gasteiger partial charge < -0.3 is 19.1 Å². The normalized spacial score (nSPS) is 15.2. The summed E-state index contributed by atoms with van der Waals surface area (Å²) in [4.78, 5) is 39.9. The quantitative estimate of drug-likeness (QED) is 0.0352. The van der Waals surface area contributed by atoms with Crippen LogP contribution in [0.15, 0.2) is 0 Å². The van der Waals surface area contributed by atoms with Gasteiger partial charge in [0.2, 0.25) is 0 Å². The van der Waals surface area contributed by atoms with E-state index in [4.69, 9.17) is 14.2 Å². The maximum absolute atomic E-state index is 12.8. The van der Waals surface area contributed by atoms with E-state index in [1.54, 1.807) is 0 Å².